The van der Waals surface area contributed by atoms with E-state index >= 15 is 0 Å². The zero-order chi connectivity index (χ0) is 13.0. The Labute approximate surface area is 108 Å². The molecule has 0 aliphatic heterocycles. The molecule has 0 saturated carbocycles. The molecule has 2 aromatic rings. The van der Waals surface area contributed by atoms with E-state index in [0.29, 0.717) is 0 Å². The molecule has 2 aromatic carbocycles. The zero-order valence-electron chi connectivity index (χ0n) is 10.9. The second-order valence-corrected chi connectivity index (χ2v) is 4.39. The minimum absolute atomic E-state index is 0.0324. The van der Waals surface area contributed by atoms with Crippen LogP contribution < -0.4 is 10.5 Å². The lowest BCUT2D eigenvalue weighted by Crippen LogP contribution is -2.06. The van der Waals surface area contributed by atoms with Gasteiger partial charge in [-0.2, -0.15) is 0 Å². The summed E-state index contributed by atoms with van der Waals surface area (Å²) >= 11 is 0. The predicted molar refractivity (Wildman–Crippen MR) is 74.9 cm³/mol. The average Bonchev–Trinajstić information content (AvgIpc) is 2.40. The molecular formula is C16H19NO. The maximum Gasteiger partial charge on any atom is 0.132 e. The maximum atomic E-state index is 6.01. The van der Waals surface area contributed by atoms with Gasteiger partial charge in [0.2, 0.25) is 0 Å². The molecule has 1 unspecified atom stereocenters. The monoisotopic (exact) mass is 241 g/mol. The quantitative estimate of drug-likeness (QED) is 0.876. The third-order valence-electron chi connectivity index (χ3n) is 2.98. The van der Waals surface area contributed by atoms with Gasteiger partial charge in [0.05, 0.1) is 0 Å². The fourth-order valence-corrected chi connectivity index (χ4v) is 1.96. The van der Waals surface area contributed by atoms with E-state index in [9.17, 15) is 0 Å². The van der Waals surface area contributed by atoms with Crippen LogP contribution in [0.3, 0.4) is 0 Å². The maximum absolute atomic E-state index is 6.01. The van der Waals surface area contributed by atoms with Gasteiger partial charge in [0.25, 0.3) is 0 Å². The van der Waals surface area contributed by atoms with Crippen molar-refractivity contribution in [1.29, 1.82) is 0 Å². The van der Waals surface area contributed by atoms with E-state index in [1.807, 2.05) is 49.4 Å². The molecule has 0 aromatic heterocycles. The molecule has 0 amide bonds. The van der Waals surface area contributed by atoms with Crippen LogP contribution in [0.1, 0.15) is 31.0 Å². The summed E-state index contributed by atoms with van der Waals surface area (Å²) in [6, 6.07) is 16.0. The molecule has 18 heavy (non-hydrogen) atoms. The highest BCUT2D eigenvalue weighted by atomic mass is 16.5. The second kappa shape index (κ2) is 5.69. The van der Waals surface area contributed by atoms with E-state index in [2.05, 4.69) is 13.0 Å². The van der Waals surface area contributed by atoms with Gasteiger partial charge in [-0.1, -0.05) is 43.3 Å². The topological polar surface area (TPSA) is 35.2 Å². The lowest BCUT2D eigenvalue weighted by Gasteiger charge is -2.15. The van der Waals surface area contributed by atoms with Gasteiger partial charge in [-0.25, -0.2) is 0 Å². The van der Waals surface area contributed by atoms with Gasteiger partial charge in [-0.05, 0) is 31.0 Å². The highest BCUT2D eigenvalue weighted by Gasteiger charge is 2.09. The number of nitrogens with two attached hydrogens (primary N) is 1. The van der Waals surface area contributed by atoms with Crippen LogP contribution in [0.5, 0.6) is 11.5 Å². The van der Waals surface area contributed by atoms with Crippen molar-refractivity contribution < 1.29 is 4.74 Å². The highest BCUT2D eigenvalue weighted by Crippen LogP contribution is 2.30. The Morgan fingerprint density at radius 1 is 1.00 bits per heavy atom. The van der Waals surface area contributed by atoms with Crippen molar-refractivity contribution in [2.75, 3.05) is 0 Å². The van der Waals surface area contributed by atoms with Crippen LogP contribution in [-0.4, -0.2) is 0 Å². The molecule has 2 heteroatoms. The van der Waals surface area contributed by atoms with Crippen LogP contribution in [0, 0.1) is 0 Å². The first-order chi connectivity index (χ1) is 8.72. The SMILES string of the molecule is CCc1ccccc1Oc1ccccc1C(C)N. The Kier molecular flexibility index (Phi) is 4.00. The number of hydrogen-bond acceptors (Lipinski definition) is 2. The van der Waals surface area contributed by atoms with Crippen LogP contribution in [-0.2, 0) is 6.42 Å². The van der Waals surface area contributed by atoms with E-state index in [1.165, 1.54) is 5.56 Å². The molecule has 0 saturated heterocycles. The standard InChI is InChI=1S/C16H19NO/c1-3-13-8-4-6-10-15(13)18-16-11-7-5-9-14(16)12(2)17/h4-12H,3,17H2,1-2H3. The van der Waals surface area contributed by atoms with Crippen molar-refractivity contribution in [2.24, 2.45) is 5.73 Å². The number of aryl methyl sites for hydroxylation is 1. The number of hydrogen-bond donors (Lipinski definition) is 1. The van der Waals surface area contributed by atoms with E-state index in [0.717, 1.165) is 23.5 Å². The lowest BCUT2D eigenvalue weighted by atomic mass is 10.1. The average molecular weight is 241 g/mol. The van der Waals surface area contributed by atoms with E-state index in [-0.39, 0.29) is 6.04 Å². The van der Waals surface area contributed by atoms with Crippen LogP contribution in [0.2, 0.25) is 0 Å². The van der Waals surface area contributed by atoms with Gasteiger partial charge in [0.1, 0.15) is 11.5 Å². The molecule has 2 nitrogen and oxygen atoms in total. The van der Waals surface area contributed by atoms with Crippen molar-refractivity contribution in [2.45, 2.75) is 26.3 Å². The minimum atomic E-state index is -0.0324. The molecule has 2 rings (SSSR count). The van der Waals surface area contributed by atoms with Crippen molar-refractivity contribution in [1.82, 2.24) is 0 Å². The second-order valence-electron chi connectivity index (χ2n) is 4.39. The molecule has 0 bridgehead atoms. The fourth-order valence-electron chi connectivity index (χ4n) is 1.96. The Hall–Kier alpha value is -1.80. The molecule has 2 N–H and O–H groups in total. The van der Waals surface area contributed by atoms with Crippen molar-refractivity contribution >= 4 is 0 Å². The predicted octanol–water partition coefficient (Wildman–Crippen LogP) is 4.06. The number of para-hydroxylation sites is 2. The third kappa shape index (κ3) is 2.71. The van der Waals surface area contributed by atoms with Crippen molar-refractivity contribution in [3.05, 3.63) is 59.7 Å². The van der Waals surface area contributed by atoms with Gasteiger partial charge in [-0.3, -0.25) is 0 Å². The number of rotatable bonds is 4. The first kappa shape index (κ1) is 12.7. The Morgan fingerprint density at radius 3 is 2.28 bits per heavy atom. The molecule has 1 atom stereocenters. The smallest absolute Gasteiger partial charge is 0.132 e. The summed E-state index contributed by atoms with van der Waals surface area (Å²) in [6.45, 7) is 4.09. The Morgan fingerprint density at radius 2 is 1.61 bits per heavy atom. The molecule has 0 aliphatic carbocycles. The summed E-state index contributed by atoms with van der Waals surface area (Å²) in [5.74, 6) is 1.75. The van der Waals surface area contributed by atoms with Crippen molar-refractivity contribution in [3.63, 3.8) is 0 Å². The summed E-state index contributed by atoms with van der Waals surface area (Å²) in [4.78, 5) is 0. The van der Waals surface area contributed by atoms with Gasteiger partial charge in [0.15, 0.2) is 0 Å². The van der Waals surface area contributed by atoms with Crippen LogP contribution >= 0.6 is 0 Å². The zero-order valence-corrected chi connectivity index (χ0v) is 10.9. The molecule has 0 spiro atoms. The fraction of sp³-hybridized carbons (Fsp3) is 0.250. The van der Waals surface area contributed by atoms with E-state index < -0.39 is 0 Å². The molecule has 0 aliphatic rings. The van der Waals surface area contributed by atoms with Crippen molar-refractivity contribution in [3.8, 4) is 11.5 Å². The van der Waals surface area contributed by atoms with Gasteiger partial charge < -0.3 is 10.5 Å². The first-order valence-corrected chi connectivity index (χ1v) is 6.32. The third-order valence-corrected chi connectivity index (χ3v) is 2.98. The number of ether oxygens (including phenoxy) is 1. The minimum Gasteiger partial charge on any atom is -0.457 e. The molecule has 0 heterocycles. The normalized spacial score (nSPS) is 12.2. The largest absolute Gasteiger partial charge is 0.457 e. The van der Waals surface area contributed by atoms with Crippen LogP contribution in [0.25, 0.3) is 0 Å². The van der Waals surface area contributed by atoms with Crippen LogP contribution in [0.15, 0.2) is 48.5 Å². The Bertz CT molecular complexity index is 520. The molecule has 94 valence electrons. The van der Waals surface area contributed by atoms with E-state index in [4.69, 9.17) is 10.5 Å². The van der Waals surface area contributed by atoms with Gasteiger partial charge in [0, 0.05) is 11.6 Å². The van der Waals surface area contributed by atoms with Gasteiger partial charge in [-0.15, -0.1) is 0 Å². The molecule has 0 fully saturated rings. The summed E-state index contributed by atoms with van der Waals surface area (Å²) in [6.07, 6.45) is 0.955. The van der Waals surface area contributed by atoms with Gasteiger partial charge >= 0.3 is 0 Å². The summed E-state index contributed by atoms with van der Waals surface area (Å²) in [5, 5.41) is 0. The summed E-state index contributed by atoms with van der Waals surface area (Å²) < 4.78 is 6.01. The highest BCUT2D eigenvalue weighted by molar-refractivity contribution is 5.42. The van der Waals surface area contributed by atoms with Crippen LogP contribution in [0.4, 0.5) is 0 Å². The first-order valence-electron chi connectivity index (χ1n) is 6.32. The molecule has 0 radical (unpaired) electrons. The lowest BCUT2D eigenvalue weighted by molar-refractivity contribution is 0.466. The molecular weight excluding hydrogens is 222 g/mol. The summed E-state index contributed by atoms with van der Waals surface area (Å²) in [7, 11) is 0. The number of benzene rings is 2. The van der Waals surface area contributed by atoms with E-state index in [1.54, 1.807) is 0 Å². The Balaban J connectivity index is 2.34. The summed E-state index contributed by atoms with van der Waals surface area (Å²) in [5.41, 5.74) is 8.20.